The third-order valence-electron chi connectivity index (χ3n) is 4.39. The van der Waals surface area contributed by atoms with E-state index in [-0.39, 0.29) is 0 Å². The van der Waals surface area contributed by atoms with Gasteiger partial charge >= 0.3 is 0 Å². The van der Waals surface area contributed by atoms with Crippen LogP contribution >= 0.6 is 11.6 Å². The minimum Gasteiger partial charge on any atom is -0.390 e. The molecule has 0 saturated carbocycles. The molecule has 4 N–H and O–H groups in total. The average molecular weight is 362 g/mol. The van der Waals surface area contributed by atoms with E-state index in [1.165, 1.54) is 12.8 Å². The second-order valence-electron chi connectivity index (χ2n) is 6.34. The highest BCUT2D eigenvalue weighted by molar-refractivity contribution is 6.29. The van der Waals surface area contributed by atoms with E-state index < -0.39 is 6.10 Å². The Hall–Kier alpha value is -1.73. The molecular weight excluding hydrogens is 338 g/mol. The molecule has 1 fully saturated rings. The Morgan fingerprint density at radius 1 is 1.36 bits per heavy atom. The van der Waals surface area contributed by atoms with Gasteiger partial charge in [-0.2, -0.15) is 0 Å². The highest BCUT2D eigenvalue weighted by Crippen LogP contribution is 2.18. The van der Waals surface area contributed by atoms with E-state index in [1.807, 2.05) is 18.3 Å². The van der Waals surface area contributed by atoms with Crippen LogP contribution in [-0.4, -0.2) is 58.8 Å². The molecule has 1 saturated heterocycles. The van der Waals surface area contributed by atoms with Crippen LogP contribution in [0.4, 0.5) is 0 Å². The van der Waals surface area contributed by atoms with E-state index >= 15 is 0 Å². The number of hydrogen-bond acceptors (Lipinski definition) is 6. The molecule has 3 heterocycles. The maximum absolute atomic E-state index is 10.1. The number of hydrogen-bond donors (Lipinski definition) is 3. The first kappa shape index (κ1) is 18.1. The van der Waals surface area contributed by atoms with Crippen LogP contribution in [0.5, 0.6) is 0 Å². The molecule has 2 aromatic rings. The number of nitrogens with two attached hydrogens (primary N) is 1. The number of aliphatic hydroxyl groups excluding tert-OH is 1. The van der Waals surface area contributed by atoms with Crippen molar-refractivity contribution in [2.45, 2.75) is 18.9 Å². The van der Waals surface area contributed by atoms with Crippen LogP contribution in [0.2, 0.25) is 5.15 Å². The molecule has 134 valence electrons. The standard InChI is InChI=1S/C18H24ClN5O/c19-18-4-3-16-17(23-18)7-13(10-22-16)14(8-20)9-21-11-15(25)12-24-5-1-2-6-24/h3-4,7,9-10,15,21,25H,1-2,5-6,8,11-12,20H2/b14-9+. The lowest BCUT2D eigenvalue weighted by Crippen LogP contribution is -2.35. The number of fused-ring (bicyclic) bond motifs is 1. The SMILES string of the molecule is NC/C(=C\NCC(O)CN1CCCC1)c1cnc2ccc(Cl)nc2c1. The zero-order valence-electron chi connectivity index (χ0n) is 14.2. The molecule has 25 heavy (non-hydrogen) atoms. The van der Waals surface area contributed by atoms with Gasteiger partial charge in [0.05, 0.1) is 17.1 Å². The summed E-state index contributed by atoms with van der Waals surface area (Å²) in [5.41, 5.74) is 9.20. The highest BCUT2D eigenvalue weighted by atomic mass is 35.5. The summed E-state index contributed by atoms with van der Waals surface area (Å²) >= 11 is 5.95. The van der Waals surface area contributed by atoms with Gasteiger partial charge in [0.1, 0.15) is 5.15 Å². The molecule has 1 aliphatic heterocycles. The van der Waals surface area contributed by atoms with Crippen LogP contribution < -0.4 is 11.1 Å². The first-order valence-corrected chi connectivity index (χ1v) is 8.99. The van der Waals surface area contributed by atoms with E-state index in [1.54, 1.807) is 12.3 Å². The molecule has 0 bridgehead atoms. The van der Waals surface area contributed by atoms with Gasteiger partial charge in [-0.1, -0.05) is 11.6 Å². The summed E-state index contributed by atoms with van der Waals surface area (Å²) in [4.78, 5) is 11.0. The maximum Gasteiger partial charge on any atom is 0.129 e. The van der Waals surface area contributed by atoms with Crippen molar-refractivity contribution < 1.29 is 5.11 Å². The Bertz CT molecular complexity index is 745. The van der Waals surface area contributed by atoms with Crippen molar-refractivity contribution in [3.05, 3.63) is 41.3 Å². The number of β-amino-alcohol motifs (C(OH)–C–C–N with tert-alkyl or cyclic N) is 1. The Morgan fingerprint density at radius 3 is 2.92 bits per heavy atom. The van der Waals surface area contributed by atoms with Gasteiger partial charge in [-0.25, -0.2) is 4.98 Å². The molecular formula is C18H24ClN5O. The fourth-order valence-electron chi connectivity index (χ4n) is 3.06. The lowest BCUT2D eigenvalue weighted by atomic mass is 10.1. The lowest BCUT2D eigenvalue weighted by Gasteiger charge is -2.19. The number of nitrogens with zero attached hydrogens (tertiary/aromatic N) is 3. The van der Waals surface area contributed by atoms with Crippen LogP contribution in [0.25, 0.3) is 16.6 Å². The van der Waals surface area contributed by atoms with Crippen LogP contribution in [0.15, 0.2) is 30.6 Å². The molecule has 0 aromatic carbocycles. The fourth-order valence-corrected chi connectivity index (χ4v) is 3.22. The quantitative estimate of drug-likeness (QED) is 0.650. The number of likely N-dealkylation sites (tertiary alicyclic amines) is 1. The molecule has 0 radical (unpaired) electrons. The van der Waals surface area contributed by atoms with Gasteiger partial charge < -0.3 is 21.1 Å². The van der Waals surface area contributed by atoms with E-state index in [2.05, 4.69) is 20.2 Å². The first-order chi connectivity index (χ1) is 12.2. The summed E-state index contributed by atoms with van der Waals surface area (Å²) < 4.78 is 0. The molecule has 0 spiro atoms. The Morgan fingerprint density at radius 2 is 2.16 bits per heavy atom. The van der Waals surface area contributed by atoms with Gasteiger partial charge in [0.15, 0.2) is 0 Å². The number of pyridine rings is 2. The maximum atomic E-state index is 10.1. The zero-order valence-corrected chi connectivity index (χ0v) is 14.9. The van der Waals surface area contributed by atoms with Gasteiger partial charge in [0.25, 0.3) is 0 Å². The van der Waals surface area contributed by atoms with Crippen molar-refractivity contribution in [3.8, 4) is 0 Å². The summed E-state index contributed by atoms with van der Waals surface area (Å²) in [6.45, 7) is 3.73. The Labute approximate surface area is 152 Å². The summed E-state index contributed by atoms with van der Waals surface area (Å²) in [5.74, 6) is 0. The van der Waals surface area contributed by atoms with Crippen molar-refractivity contribution in [2.24, 2.45) is 5.73 Å². The van der Waals surface area contributed by atoms with Gasteiger partial charge in [-0.05, 0) is 49.7 Å². The summed E-state index contributed by atoms with van der Waals surface area (Å²) in [6, 6.07) is 5.49. The lowest BCUT2D eigenvalue weighted by molar-refractivity contribution is 0.127. The predicted octanol–water partition coefficient (Wildman–Crippen LogP) is 1.63. The minimum absolute atomic E-state index is 0.364. The van der Waals surface area contributed by atoms with Crippen molar-refractivity contribution in [2.75, 3.05) is 32.7 Å². The third kappa shape index (κ3) is 4.89. The monoisotopic (exact) mass is 361 g/mol. The van der Waals surface area contributed by atoms with E-state index in [9.17, 15) is 5.11 Å². The van der Waals surface area contributed by atoms with Crippen LogP contribution in [0, 0.1) is 0 Å². The Balaban J connectivity index is 1.63. The third-order valence-corrected chi connectivity index (χ3v) is 4.60. The van der Waals surface area contributed by atoms with Crippen LogP contribution in [0.3, 0.4) is 0 Å². The smallest absolute Gasteiger partial charge is 0.129 e. The van der Waals surface area contributed by atoms with Gasteiger partial charge in [0.2, 0.25) is 0 Å². The molecule has 1 atom stereocenters. The van der Waals surface area contributed by atoms with Crippen LogP contribution in [-0.2, 0) is 0 Å². The second-order valence-corrected chi connectivity index (χ2v) is 6.73. The molecule has 1 unspecified atom stereocenters. The molecule has 3 rings (SSSR count). The minimum atomic E-state index is -0.399. The van der Waals surface area contributed by atoms with E-state index in [4.69, 9.17) is 17.3 Å². The molecule has 0 amide bonds. The van der Waals surface area contributed by atoms with Gasteiger partial charge in [0, 0.05) is 37.6 Å². The van der Waals surface area contributed by atoms with Crippen molar-refractivity contribution in [1.29, 1.82) is 0 Å². The van der Waals surface area contributed by atoms with Gasteiger partial charge in [-0.15, -0.1) is 0 Å². The highest BCUT2D eigenvalue weighted by Gasteiger charge is 2.15. The molecule has 6 nitrogen and oxygen atoms in total. The number of nitrogens with one attached hydrogen (secondary N) is 1. The molecule has 1 aliphatic rings. The van der Waals surface area contributed by atoms with E-state index in [0.717, 1.165) is 35.3 Å². The van der Waals surface area contributed by atoms with E-state index in [0.29, 0.717) is 24.8 Å². The summed E-state index contributed by atoms with van der Waals surface area (Å²) in [6.07, 6.45) is 5.68. The van der Waals surface area contributed by atoms with Crippen LogP contribution in [0.1, 0.15) is 18.4 Å². The number of aromatic nitrogens is 2. The largest absolute Gasteiger partial charge is 0.390 e. The Kier molecular flexibility index (Phi) is 6.20. The van der Waals surface area contributed by atoms with Crippen molar-refractivity contribution >= 4 is 28.2 Å². The number of aliphatic hydroxyl groups is 1. The average Bonchev–Trinajstić information content (AvgIpc) is 3.11. The molecule has 7 heteroatoms. The predicted molar refractivity (Wildman–Crippen MR) is 101 cm³/mol. The van der Waals surface area contributed by atoms with Crippen molar-refractivity contribution in [3.63, 3.8) is 0 Å². The van der Waals surface area contributed by atoms with Crippen molar-refractivity contribution in [1.82, 2.24) is 20.2 Å². The zero-order chi connectivity index (χ0) is 17.6. The first-order valence-electron chi connectivity index (χ1n) is 8.61. The topological polar surface area (TPSA) is 87.3 Å². The summed E-state index contributed by atoms with van der Waals surface area (Å²) in [5, 5.41) is 13.7. The molecule has 0 aliphatic carbocycles. The second kappa shape index (κ2) is 8.58. The number of halogens is 1. The fraction of sp³-hybridized carbons (Fsp3) is 0.444. The van der Waals surface area contributed by atoms with Gasteiger partial charge in [-0.3, -0.25) is 4.98 Å². The normalized spacial score (nSPS) is 17.2. The summed E-state index contributed by atoms with van der Waals surface area (Å²) in [7, 11) is 0. The number of rotatable bonds is 7. The molecule has 2 aromatic heterocycles.